The van der Waals surface area contributed by atoms with Crippen LogP contribution < -0.4 is 0 Å². The highest BCUT2D eigenvalue weighted by molar-refractivity contribution is 6.31. The third kappa shape index (κ3) is 2.60. The first-order valence-corrected chi connectivity index (χ1v) is 7.40. The van der Waals surface area contributed by atoms with Crippen LogP contribution in [0.15, 0.2) is 24.3 Å². The Kier molecular flexibility index (Phi) is 3.57. The van der Waals surface area contributed by atoms with Crippen molar-refractivity contribution in [2.75, 3.05) is 0 Å². The van der Waals surface area contributed by atoms with Gasteiger partial charge in [0.1, 0.15) is 0 Å². The minimum atomic E-state index is -0.546. The maximum absolute atomic E-state index is 10.4. The lowest BCUT2D eigenvalue weighted by atomic mass is 10.0. The second kappa shape index (κ2) is 5.23. The van der Waals surface area contributed by atoms with E-state index < -0.39 is 6.10 Å². The average molecular weight is 291 g/mol. The van der Waals surface area contributed by atoms with Crippen molar-refractivity contribution in [3.63, 3.8) is 0 Å². The number of rotatable bonds is 4. The second-order valence-electron chi connectivity index (χ2n) is 5.63. The van der Waals surface area contributed by atoms with Crippen LogP contribution in [0.3, 0.4) is 0 Å². The Labute approximate surface area is 124 Å². The van der Waals surface area contributed by atoms with Gasteiger partial charge in [-0.2, -0.15) is 5.10 Å². The SMILES string of the molecule is Cc1nn(C)c(CC(O)c2ccc(C3CC3)cc2)c1Cl. The Morgan fingerprint density at radius 2 is 2.00 bits per heavy atom. The molecule has 1 heterocycles. The molecule has 106 valence electrons. The summed E-state index contributed by atoms with van der Waals surface area (Å²) in [5.74, 6) is 0.746. The number of aryl methyl sites for hydroxylation is 2. The predicted octanol–water partition coefficient (Wildman–Crippen LogP) is 3.54. The molecule has 1 atom stereocenters. The van der Waals surface area contributed by atoms with Gasteiger partial charge < -0.3 is 5.11 Å². The van der Waals surface area contributed by atoms with Crippen LogP contribution in [0, 0.1) is 6.92 Å². The van der Waals surface area contributed by atoms with E-state index in [0.29, 0.717) is 11.4 Å². The third-order valence-electron chi connectivity index (χ3n) is 4.02. The van der Waals surface area contributed by atoms with Crippen molar-refractivity contribution in [2.45, 2.75) is 38.2 Å². The van der Waals surface area contributed by atoms with Gasteiger partial charge in [0.25, 0.3) is 0 Å². The number of nitrogens with zero attached hydrogens (tertiary/aromatic N) is 2. The Hall–Kier alpha value is -1.32. The van der Waals surface area contributed by atoms with Gasteiger partial charge in [-0.25, -0.2) is 0 Å². The van der Waals surface area contributed by atoms with Crippen LogP contribution in [0.25, 0.3) is 0 Å². The van der Waals surface area contributed by atoms with Gasteiger partial charge in [0.05, 0.1) is 22.5 Å². The van der Waals surface area contributed by atoms with E-state index in [1.165, 1.54) is 18.4 Å². The van der Waals surface area contributed by atoms with Crippen molar-refractivity contribution in [2.24, 2.45) is 7.05 Å². The lowest BCUT2D eigenvalue weighted by molar-refractivity contribution is 0.176. The fourth-order valence-electron chi connectivity index (χ4n) is 2.61. The molecule has 2 aromatic rings. The van der Waals surface area contributed by atoms with Gasteiger partial charge in [0.15, 0.2) is 0 Å². The Morgan fingerprint density at radius 3 is 2.50 bits per heavy atom. The van der Waals surface area contributed by atoms with Crippen LogP contribution in [-0.4, -0.2) is 14.9 Å². The van der Waals surface area contributed by atoms with Gasteiger partial charge in [-0.05, 0) is 36.8 Å². The van der Waals surface area contributed by atoms with Gasteiger partial charge in [-0.15, -0.1) is 0 Å². The molecule has 1 N–H and O–H groups in total. The maximum Gasteiger partial charge on any atom is 0.0848 e. The molecule has 1 fully saturated rings. The molecule has 0 saturated heterocycles. The van der Waals surface area contributed by atoms with Crippen molar-refractivity contribution < 1.29 is 5.11 Å². The first kappa shape index (κ1) is 13.7. The van der Waals surface area contributed by atoms with E-state index in [2.05, 4.69) is 17.2 Å². The highest BCUT2D eigenvalue weighted by atomic mass is 35.5. The van der Waals surface area contributed by atoms with Crippen LogP contribution in [0.4, 0.5) is 0 Å². The molecule has 1 saturated carbocycles. The van der Waals surface area contributed by atoms with Gasteiger partial charge in [-0.1, -0.05) is 35.9 Å². The molecule has 0 bridgehead atoms. The van der Waals surface area contributed by atoms with Crippen LogP contribution >= 0.6 is 11.6 Å². The zero-order valence-corrected chi connectivity index (χ0v) is 12.6. The van der Waals surface area contributed by atoms with E-state index in [4.69, 9.17) is 11.6 Å². The molecule has 20 heavy (non-hydrogen) atoms. The highest BCUT2D eigenvalue weighted by Crippen LogP contribution is 2.40. The number of hydrogen-bond acceptors (Lipinski definition) is 2. The van der Waals surface area contributed by atoms with E-state index in [9.17, 15) is 5.11 Å². The summed E-state index contributed by atoms with van der Waals surface area (Å²) in [6, 6.07) is 8.31. The molecule has 1 aromatic heterocycles. The molecule has 3 nitrogen and oxygen atoms in total. The summed E-state index contributed by atoms with van der Waals surface area (Å²) in [4.78, 5) is 0. The first-order chi connectivity index (χ1) is 9.56. The van der Waals surface area contributed by atoms with Crippen LogP contribution in [0.1, 0.15) is 47.4 Å². The number of benzene rings is 1. The fourth-order valence-corrected chi connectivity index (χ4v) is 2.85. The highest BCUT2D eigenvalue weighted by Gasteiger charge is 2.23. The van der Waals surface area contributed by atoms with Gasteiger partial charge in [0, 0.05) is 13.5 Å². The summed E-state index contributed by atoms with van der Waals surface area (Å²) in [5, 5.41) is 15.3. The maximum atomic E-state index is 10.4. The molecule has 4 heteroatoms. The van der Waals surface area contributed by atoms with Crippen LogP contribution in [0.5, 0.6) is 0 Å². The first-order valence-electron chi connectivity index (χ1n) is 7.02. The summed E-state index contributed by atoms with van der Waals surface area (Å²) in [5.41, 5.74) is 4.00. The zero-order valence-electron chi connectivity index (χ0n) is 11.8. The van der Waals surface area contributed by atoms with E-state index in [1.807, 2.05) is 26.1 Å². The number of aromatic nitrogens is 2. The minimum absolute atomic E-state index is 0.485. The standard InChI is InChI=1S/C16H19ClN2O/c1-10-16(17)14(19(2)18-10)9-15(20)13-7-5-12(6-8-13)11-3-4-11/h5-8,11,15,20H,3-4,9H2,1-2H3. The summed E-state index contributed by atoms with van der Waals surface area (Å²) in [6.07, 6.45) is 2.53. The van der Waals surface area contributed by atoms with Crippen LogP contribution in [-0.2, 0) is 13.5 Å². The van der Waals surface area contributed by atoms with E-state index in [1.54, 1.807) is 4.68 Å². The number of hydrogen-bond donors (Lipinski definition) is 1. The molecule has 0 spiro atoms. The Balaban J connectivity index is 1.76. The molecular formula is C16H19ClN2O. The monoisotopic (exact) mass is 290 g/mol. The summed E-state index contributed by atoms with van der Waals surface area (Å²) >= 11 is 6.23. The lowest BCUT2D eigenvalue weighted by Crippen LogP contribution is -2.07. The van der Waals surface area contributed by atoms with E-state index in [-0.39, 0.29) is 0 Å². The predicted molar refractivity (Wildman–Crippen MR) is 80.0 cm³/mol. The molecule has 3 rings (SSSR count). The Morgan fingerprint density at radius 1 is 1.35 bits per heavy atom. The minimum Gasteiger partial charge on any atom is -0.388 e. The van der Waals surface area contributed by atoms with E-state index >= 15 is 0 Å². The van der Waals surface area contributed by atoms with Crippen molar-refractivity contribution >= 4 is 11.6 Å². The number of halogens is 1. The van der Waals surface area contributed by atoms with E-state index in [0.717, 1.165) is 22.9 Å². The quantitative estimate of drug-likeness (QED) is 0.935. The third-order valence-corrected chi connectivity index (χ3v) is 4.51. The summed E-state index contributed by atoms with van der Waals surface area (Å²) in [6.45, 7) is 1.88. The largest absolute Gasteiger partial charge is 0.388 e. The summed E-state index contributed by atoms with van der Waals surface area (Å²) < 4.78 is 1.75. The molecule has 1 aliphatic rings. The molecule has 1 unspecified atom stereocenters. The van der Waals surface area contributed by atoms with Crippen LogP contribution in [0.2, 0.25) is 5.02 Å². The smallest absolute Gasteiger partial charge is 0.0848 e. The Bertz CT molecular complexity index is 614. The van der Waals surface area contributed by atoms with Gasteiger partial charge in [-0.3, -0.25) is 4.68 Å². The lowest BCUT2D eigenvalue weighted by Gasteiger charge is -2.12. The molecular weight excluding hydrogens is 272 g/mol. The molecule has 1 aromatic carbocycles. The molecule has 0 aliphatic heterocycles. The number of aliphatic hydroxyl groups excluding tert-OH is 1. The van der Waals surface area contributed by atoms with Crippen molar-refractivity contribution in [3.8, 4) is 0 Å². The normalized spacial score (nSPS) is 16.4. The average Bonchev–Trinajstić information content (AvgIpc) is 3.24. The van der Waals surface area contributed by atoms with Gasteiger partial charge >= 0.3 is 0 Å². The molecule has 0 amide bonds. The van der Waals surface area contributed by atoms with Crippen molar-refractivity contribution in [3.05, 3.63) is 51.8 Å². The fraction of sp³-hybridized carbons (Fsp3) is 0.438. The second-order valence-corrected chi connectivity index (χ2v) is 6.01. The topological polar surface area (TPSA) is 38.0 Å². The van der Waals surface area contributed by atoms with Crippen molar-refractivity contribution in [1.29, 1.82) is 0 Å². The summed E-state index contributed by atoms with van der Waals surface area (Å²) in [7, 11) is 1.86. The zero-order chi connectivity index (χ0) is 14.3. The van der Waals surface area contributed by atoms with Gasteiger partial charge in [0.2, 0.25) is 0 Å². The number of aliphatic hydroxyl groups is 1. The molecule has 0 radical (unpaired) electrons. The molecule has 1 aliphatic carbocycles. The van der Waals surface area contributed by atoms with Crippen molar-refractivity contribution in [1.82, 2.24) is 9.78 Å².